The van der Waals surface area contributed by atoms with E-state index in [9.17, 15) is 14.7 Å². The van der Waals surface area contributed by atoms with E-state index in [-0.39, 0.29) is 29.9 Å². The molecular formula is C23H26N4O4. The molecule has 31 heavy (non-hydrogen) atoms. The molecule has 4 rings (SSSR count). The van der Waals surface area contributed by atoms with Crippen LogP contribution in [0.2, 0.25) is 0 Å². The Morgan fingerprint density at radius 3 is 2.65 bits per heavy atom. The van der Waals surface area contributed by atoms with Crippen molar-refractivity contribution in [2.45, 2.75) is 52.5 Å². The van der Waals surface area contributed by atoms with Crippen LogP contribution in [0, 0.1) is 19.8 Å². The van der Waals surface area contributed by atoms with Crippen LogP contribution in [-0.4, -0.2) is 31.9 Å². The molecule has 1 aliphatic rings. The molecule has 3 heterocycles. The quantitative estimate of drug-likeness (QED) is 0.440. The van der Waals surface area contributed by atoms with Gasteiger partial charge in [-0.2, -0.15) is 5.10 Å². The first-order chi connectivity index (χ1) is 14.9. The molecule has 0 aliphatic carbocycles. The largest absolute Gasteiger partial charge is 0.508 e. The number of carbonyl (C=O) groups is 2. The number of hydrogen-bond donors (Lipinski definition) is 1. The first-order valence-corrected chi connectivity index (χ1v) is 10.5. The van der Waals surface area contributed by atoms with E-state index in [1.807, 2.05) is 26.0 Å². The average molecular weight is 422 g/mol. The van der Waals surface area contributed by atoms with Gasteiger partial charge in [0.1, 0.15) is 11.5 Å². The molecular weight excluding hydrogens is 396 g/mol. The molecule has 8 heteroatoms. The highest BCUT2D eigenvalue weighted by Gasteiger charge is 2.39. The van der Waals surface area contributed by atoms with Crippen LogP contribution in [0.5, 0.6) is 5.75 Å². The van der Waals surface area contributed by atoms with Gasteiger partial charge in [0.05, 0.1) is 24.1 Å². The van der Waals surface area contributed by atoms with Crippen LogP contribution in [0.4, 0.5) is 5.69 Å². The number of imide groups is 1. The average Bonchev–Trinajstić information content (AvgIpc) is 3.41. The highest BCUT2D eigenvalue weighted by atomic mass is 16.5. The molecule has 1 N–H and O–H groups in total. The van der Waals surface area contributed by atoms with Gasteiger partial charge in [0, 0.05) is 24.1 Å². The molecule has 0 saturated carbocycles. The monoisotopic (exact) mass is 422 g/mol. The van der Waals surface area contributed by atoms with Crippen LogP contribution >= 0.6 is 0 Å². The second kappa shape index (κ2) is 8.75. The van der Waals surface area contributed by atoms with Crippen molar-refractivity contribution in [3.63, 3.8) is 0 Å². The van der Waals surface area contributed by atoms with Crippen molar-refractivity contribution in [3.05, 3.63) is 59.2 Å². The molecule has 0 radical (unpaired) electrons. The van der Waals surface area contributed by atoms with E-state index in [1.165, 1.54) is 4.90 Å². The molecule has 1 aliphatic heterocycles. The van der Waals surface area contributed by atoms with Crippen molar-refractivity contribution >= 4 is 17.5 Å². The third-order valence-electron chi connectivity index (χ3n) is 5.82. The normalized spacial score (nSPS) is 16.5. The number of phenols is 1. The Morgan fingerprint density at radius 2 is 1.94 bits per heavy atom. The number of rotatable bonds is 8. The predicted molar refractivity (Wildman–Crippen MR) is 114 cm³/mol. The summed E-state index contributed by atoms with van der Waals surface area (Å²) in [7, 11) is 0. The number of aromatic hydroxyl groups is 1. The molecule has 3 aromatic rings. The summed E-state index contributed by atoms with van der Waals surface area (Å²) in [5.41, 5.74) is 3.41. The maximum Gasteiger partial charge on any atom is 0.237 e. The van der Waals surface area contributed by atoms with Crippen LogP contribution < -0.4 is 4.90 Å². The zero-order valence-corrected chi connectivity index (χ0v) is 17.7. The van der Waals surface area contributed by atoms with E-state index in [1.54, 1.807) is 29.2 Å². The molecule has 1 fully saturated rings. The number of phenolic OH excluding ortho intramolecular Hbond substituents is 1. The standard InChI is InChI=1S/C23H26N4O4/c1-15-21(16(2)31-25-15)14-26-13-19(12-24-26)27-22(29)11-18(23(27)30)6-4-3-5-17-7-9-20(28)10-8-17/h7-10,12-13,18,28H,3-6,11,14H2,1-2H3. The molecule has 0 bridgehead atoms. The number of nitrogens with zero attached hydrogens (tertiary/aromatic N) is 4. The SMILES string of the molecule is Cc1noc(C)c1Cn1cc(N2C(=O)CC(CCCCc3ccc(O)cc3)C2=O)cn1. The first-order valence-electron chi connectivity index (χ1n) is 10.5. The second-order valence-electron chi connectivity index (χ2n) is 8.08. The summed E-state index contributed by atoms with van der Waals surface area (Å²) in [5, 5.41) is 17.6. The zero-order valence-electron chi connectivity index (χ0n) is 17.7. The van der Waals surface area contributed by atoms with E-state index in [2.05, 4.69) is 10.3 Å². The molecule has 1 saturated heterocycles. The highest BCUT2D eigenvalue weighted by Crippen LogP contribution is 2.29. The summed E-state index contributed by atoms with van der Waals surface area (Å²) in [6, 6.07) is 7.17. The maximum absolute atomic E-state index is 12.9. The van der Waals surface area contributed by atoms with Crippen molar-refractivity contribution in [2.75, 3.05) is 4.90 Å². The Morgan fingerprint density at radius 1 is 1.16 bits per heavy atom. The topological polar surface area (TPSA) is 101 Å². The lowest BCUT2D eigenvalue weighted by molar-refractivity contribution is -0.122. The lowest BCUT2D eigenvalue weighted by atomic mass is 9.98. The Hall–Kier alpha value is -3.42. The Labute approximate surface area is 180 Å². The highest BCUT2D eigenvalue weighted by molar-refractivity contribution is 6.20. The van der Waals surface area contributed by atoms with E-state index >= 15 is 0 Å². The summed E-state index contributed by atoms with van der Waals surface area (Å²) in [6.07, 6.45) is 6.88. The molecule has 162 valence electrons. The lowest BCUT2D eigenvalue weighted by Gasteiger charge is -2.12. The summed E-state index contributed by atoms with van der Waals surface area (Å²) < 4.78 is 6.87. The molecule has 1 atom stereocenters. The number of aryl methyl sites for hydroxylation is 3. The number of unbranched alkanes of at least 4 members (excludes halogenated alkanes) is 1. The fourth-order valence-electron chi connectivity index (χ4n) is 4.02. The fourth-order valence-corrected chi connectivity index (χ4v) is 4.02. The third kappa shape index (κ3) is 4.52. The van der Waals surface area contributed by atoms with Crippen LogP contribution in [0.15, 0.2) is 41.2 Å². The van der Waals surface area contributed by atoms with Crippen molar-refractivity contribution < 1.29 is 19.2 Å². The number of amides is 2. The van der Waals surface area contributed by atoms with Crippen molar-refractivity contribution in [3.8, 4) is 5.75 Å². The minimum atomic E-state index is -0.279. The number of hydrogen-bond acceptors (Lipinski definition) is 6. The van der Waals surface area contributed by atoms with E-state index in [4.69, 9.17) is 4.52 Å². The van der Waals surface area contributed by atoms with Crippen LogP contribution in [0.25, 0.3) is 0 Å². The van der Waals surface area contributed by atoms with Gasteiger partial charge in [-0.1, -0.05) is 23.7 Å². The molecule has 1 aromatic carbocycles. The van der Waals surface area contributed by atoms with Crippen LogP contribution in [0.3, 0.4) is 0 Å². The Balaban J connectivity index is 1.33. The van der Waals surface area contributed by atoms with E-state index in [0.29, 0.717) is 18.7 Å². The maximum atomic E-state index is 12.9. The van der Waals surface area contributed by atoms with Gasteiger partial charge >= 0.3 is 0 Å². The zero-order chi connectivity index (χ0) is 22.0. The van der Waals surface area contributed by atoms with Crippen molar-refractivity contribution in [1.29, 1.82) is 0 Å². The fraction of sp³-hybridized carbons (Fsp3) is 0.391. The van der Waals surface area contributed by atoms with Gasteiger partial charge in [-0.25, -0.2) is 4.90 Å². The van der Waals surface area contributed by atoms with Crippen LogP contribution in [-0.2, 0) is 22.6 Å². The van der Waals surface area contributed by atoms with E-state index in [0.717, 1.165) is 41.8 Å². The summed E-state index contributed by atoms with van der Waals surface area (Å²) in [4.78, 5) is 26.7. The van der Waals surface area contributed by atoms with Gasteiger partial charge < -0.3 is 9.63 Å². The second-order valence-corrected chi connectivity index (χ2v) is 8.08. The summed E-state index contributed by atoms with van der Waals surface area (Å²) in [5.74, 6) is 0.388. The third-order valence-corrected chi connectivity index (χ3v) is 5.82. The van der Waals surface area contributed by atoms with E-state index < -0.39 is 0 Å². The Bertz CT molecular complexity index is 1060. The van der Waals surface area contributed by atoms with Gasteiger partial charge in [-0.15, -0.1) is 0 Å². The molecule has 1 unspecified atom stereocenters. The van der Waals surface area contributed by atoms with Gasteiger partial charge in [0.15, 0.2) is 0 Å². The van der Waals surface area contributed by atoms with Gasteiger partial charge in [0.25, 0.3) is 0 Å². The molecule has 2 amide bonds. The van der Waals surface area contributed by atoms with Crippen molar-refractivity contribution in [2.24, 2.45) is 5.92 Å². The van der Waals surface area contributed by atoms with Gasteiger partial charge in [-0.05, 0) is 50.8 Å². The summed E-state index contributed by atoms with van der Waals surface area (Å²) >= 11 is 0. The molecule has 0 spiro atoms. The molecule has 8 nitrogen and oxygen atoms in total. The minimum absolute atomic E-state index is 0.147. The van der Waals surface area contributed by atoms with Crippen molar-refractivity contribution in [1.82, 2.24) is 14.9 Å². The van der Waals surface area contributed by atoms with Gasteiger partial charge in [0.2, 0.25) is 11.8 Å². The number of anilines is 1. The number of carbonyl (C=O) groups excluding carboxylic acids is 2. The van der Waals surface area contributed by atoms with Crippen LogP contribution in [0.1, 0.15) is 48.3 Å². The smallest absolute Gasteiger partial charge is 0.237 e. The minimum Gasteiger partial charge on any atom is -0.508 e. The number of aromatic nitrogens is 3. The van der Waals surface area contributed by atoms with Gasteiger partial charge in [-0.3, -0.25) is 14.3 Å². The number of benzene rings is 1. The first kappa shape index (κ1) is 20.8. The molecule has 2 aromatic heterocycles. The predicted octanol–water partition coefficient (Wildman–Crippen LogP) is 3.53. The summed E-state index contributed by atoms with van der Waals surface area (Å²) in [6.45, 7) is 4.19. The Kier molecular flexibility index (Phi) is 5.88. The lowest BCUT2D eigenvalue weighted by Crippen LogP contribution is -2.30.